The van der Waals surface area contributed by atoms with E-state index in [0.717, 1.165) is 23.3 Å². The van der Waals surface area contributed by atoms with E-state index >= 15 is 0 Å². The van der Waals surface area contributed by atoms with Crippen LogP contribution in [0.2, 0.25) is 0 Å². The van der Waals surface area contributed by atoms with Crippen LogP contribution >= 0.6 is 15.9 Å². The summed E-state index contributed by atoms with van der Waals surface area (Å²) in [6.07, 6.45) is -1.21. The number of halogens is 3. The van der Waals surface area contributed by atoms with E-state index in [1.165, 1.54) is 0 Å². The number of hydrogen-bond donors (Lipinski definition) is 1. The SMILES string of the molecule is OC(c1ccc2c(c1)COC2)c1cc(F)c(Br)cc1F. The third-order valence-corrected chi connectivity index (χ3v) is 4.00. The number of aliphatic hydroxyl groups is 1. The Morgan fingerprint density at radius 2 is 1.80 bits per heavy atom. The molecule has 0 bridgehead atoms. The van der Waals surface area contributed by atoms with Gasteiger partial charge >= 0.3 is 0 Å². The molecule has 0 radical (unpaired) electrons. The first-order valence-corrected chi connectivity index (χ1v) is 6.87. The molecule has 0 amide bonds. The molecule has 0 aromatic heterocycles. The van der Waals surface area contributed by atoms with E-state index in [0.29, 0.717) is 18.8 Å². The lowest BCUT2D eigenvalue weighted by atomic mass is 9.97. The van der Waals surface area contributed by atoms with Gasteiger partial charge in [-0.25, -0.2) is 8.78 Å². The monoisotopic (exact) mass is 340 g/mol. The molecule has 20 heavy (non-hydrogen) atoms. The minimum Gasteiger partial charge on any atom is -0.384 e. The Bertz CT molecular complexity index is 673. The van der Waals surface area contributed by atoms with Crippen molar-refractivity contribution in [2.24, 2.45) is 0 Å². The number of aliphatic hydroxyl groups excluding tert-OH is 1. The van der Waals surface area contributed by atoms with Crippen molar-refractivity contribution in [3.05, 3.63) is 68.7 Å². The summed E-state index contributed by atoms with van der Waals surface area (Å²) in [4.78, 5) is 0. The van der Waals surface area contributed by atoms with Gasteiger partial charge in [0.1, 0.15) is 17.7 Å². The van der Waals surface area contributed by atoms with Gasteiger partial charge in [-0.15, -0.1) is 0 Å². The number of hydrogen-bond acceptors (Lipinski definition) is 2. The summed E-state index contributed by atoms with van der Waals surface area (Å²) in [6, 6.07) is 7.34. The molecule has 2 aromatic carbocycles. The maximum absolute atomic E-state index is 13.9. The van der Waals surface area contributed by atoms with Crippen molar-refractivity contribution in [2.75, 3.05) is 0 Å². The van der Waals surface area contributed by atoms with Crippen LogP contribution in [0.25, 0.3) is 0 Å². The molecule has 0 spiro atoms. The summed E-state index contributed by atoms with van der Waals surface area (Å²) in [5, 5.41) is 10.3. The Morgan fingerprint density at radius 3 is 2.60 bits per heavy atom. The second-order valence-corrected chi connectivity index (χ2v) is 5.57. The smallest absolute Gasteiger partial charge is 0.137 e. The van der Waals surface area contributed by atoms with Gasteiger partial charge in [0, 0.05) is 5.56 Å². The molecule has 1 unspecified atom stereocenters. The van der Waals surface area contributed by atoms with Gasteiger partial charge in [0.15, 0.2) is 0 Å². The largest absolute Gasteiger partial charge is 0.384 e. The molecule has 1 aliphatic heterocycles. The van der Waals surface area contributed by atoms with Crippen molar-refractivity contribution in [3.63, 3.8) is 0 Å². The second kappa shape index (κ2) is 5.24. The van der Waals surface area contributed by atoms with Crippen LogP contribution in [0.15, 0.2) is 34.8 Å². The van der Waals surface area contributed by atoms with E-state index < -0.39 is 17.7 Å². The highest BCUT2D eigenvalue weighted by atomic mass is 79.9. The van der Waals surface area contributed by atoms with E-state index in [-0.39, 0.29) is 10.0 Å². The molecule has 0 aliphatic carbocycles. The van der Waals surface area contributed by atoms with Crippen molar-refractivity contribution in [3.8, 4) is 0 Å². The highest BCUT2D eigenvalue weighted by molar-refractivity contribution is 9.10. The van der Waals surface area contributed by atoms with Gasteiger partial charge in [0.05, 0.1) is 17.7 Å². The summed E-state index contributed by atoms with van der Waals surface area (Å²) < 4.78 is 32.7. The molecular formula is C15H11BrF2O2. The summed E-state index contributed by atoms with van der Waals surface area (Å²) in [5.74, 6) is -1.26. The van der Waals surface area contributed by atoms with Crippen molar-refractivity contribution in [1.29, 1.82) is 0 Å². The molecule has 3 rings (SSSR count). The van der Waals surface area contributed by atoms with Gasteiger partial charge < -0.3 is 9.84 Å². The lowest BCUT2D eigenvalue weighted by Gasteiger charge is -2.14. The van der Waals surface area contributed by atoms with Gasteiger partial charge in [-0.1, -0.05) is 18.2 Å². The van der Waals surface area contributed by atoms with Crippen LogP contribution < -0.4 is 0 Å². The maximum Gasteiger partial charge on any atom is 0.137 e. The van der Waals surface area contributed by atoms with E-state index in [9.17, 15) is 13.9 Å². The average molecular weight is 341 g/mol. The summed E-state index contributed by atoms with van der Waals surface area (Å²) in [7, 11) is 0. The Morgan fingerprint density at radius 1 is 1.05 bits per heavy atom. The second-order valence-electron chi connectivity index (χ2n) is 4.71. The Labute approximate surface area is 123 Å². The molecule has 104 valence electrons. The lowest BCUT2D eigenvalue weighted by Crippen LogP contribution is -2.04. The Balaban J connectivity index is 2.00. The predicted molar refractivity (Wildman–Crippen MR) is 73.1 cm³/mol. The maximum atomic E-state index is 13.9. The minimum absolute atomic E-state index is 0.0355. The average Bonchev–Trinajstić information content (AvgIpc) is 2.89. The summed E-state index contributed by atoms with van der Waals surface area (Å²) >= 11 is 2.91. The van der Waals surface area contributed by atoms with Crippen molar-refractivity contribution >= 4 is 15.9 Å². The van der Waals surface area contributed by atoms with Crippen molar-refractivity contribution < 1.29 is 18.6 Å². The highest BCUT2D eigenvalue weighted by Crippen LogP contribution is 2.30. The molecule has 2 nitrogen and oxygen atoms in total. The van der Waals surface area contributed by atoms with Crippen LogP contribution in [0.1, 0.15) is 28.4 Å². The third-order valence-electron chi connectivity index (χ3n) is 3.40. The standard InChI is InChI=1S/C15H11BrF2O2/c16-12-5-13(17)11(4-14(12)18)15(19)8-1-2-9-6-20-7-10(9)3-8/h1-5,15,19H,6-7H2. The molecule has 1 atom stereocenters. The van der Waals surface area contributed by atoms with E-state index in [2.05, 4.69) is 15.9 Å². The Hall–Kier alpha value is -1.30. The van der Waals surface area contributed by atoms with Crippen LogP contribution in [-0.4, -0.2) is 5.11 Å². The minimum atomic E-state index is -1.21. The first-order chi connectivity index (χ1) is 9.56. The first kappa shape index (κ1) is 13.7. The number of benzene rings is 2. The number of fused-ring (bicyclic) bond motifs is 1. The predicted octanol–water partition coefficient (Wildman–Crippen LogP) is 3.84. The fourth-order valence-corrected chi connectivity index (χ4v) is 2.60. The van der Waals surface area contributed by atoms with Gasteiger partial charge in [-0.3, -0.25) is 0 Å². The third kappa shape index (κ3) is 2.37. The molecule has 1 N–H and O–H groups in total. The van der Waals surface area contributed by atoms with Gasteiger partial charge in [-0.05, 0) is 44.8 Å². The van der Waals surface area contributed by atoms with Crippen molar-refractivity contribution in [1.82, 2.24) is 0 Å². The molecule has 2 aromatic rings. The summed E-state index contributed by atoms with van der Waals surface area (Å²) in [5.41, 5.74) is 2.47. The Kier molecular flexibility index (Phi) is 3.58. The summed E-state index contributed by atoms with van der Waals surface area (Å²) in [6.45, 7) is 1.03. The van der Waals surface area contributed by atoms with Gasteiger partial charge in [0.2, 0.25) is 0 Å². The fraction of sp³-hybridized carbons (Fsp3) is 0.200. The van der Waals surface area contributed by atoms with Crippen LogP contribution in [0.4, 0.5) is 8.78 Å². The van der Waals surface area contributed by atoms with E-state index in [1.54, 1.807) is 12.1 Å². The zero-order valence-electron chi connectivity index (χ0n) is 10.4. The van der Waals surface area contributed by atoms with Crippen molar-refractivity contribution in [2.45, 2.75) is 19.3 Å². The molecule has 1 aliphatic rings. The van der Waals surface area contributed by atoms with Gasteiger partial charge in [0.25, 0.3) is 0 Å². The molecule has 0 saturated carbocycles. The van der Waals surface area contributed by atoms with Gasteiger partial charge in [-0.2, -0.15) is 0 Å². The van der Waals surface area contributed by atoms with Crippen LogP contribution in [0, 0.1) is 11.6 Å². The number of ether oxygens (including phenoxy) is 1. The lowest BCUT2D eigenvalue weighted by molar-refractivity contribution is 0.134. The zero-order chi connectivity index (χ0) is 14.3. The van der Waals surface area contributed by atoms with E-state index in [1.807, 2.05) is 6.07 Å². The van der Waals surface area contributed by atoms with Crippen LogP contribution in [0.5, 0.6) is 0 Å². The first-order valence-electron chi connectivity index (χ1n) is 6.08. The van der Waals surface area contributed by atoms with Crippen LogP contribution in [-0.2, 0) is 18.0 Å². The normalized spacial score (nSPS) is 15.2. The van der Waals surface area contributed by atoms with Crippen LogP contribution in [0.3, 0.4) is 0 Å². The molecule has 0 saturated heterocycles. The highest BCUT2D eigenvalue weighted by Gasteiger charge is 2.20. The zero-order valence-corrected chi connectivity index (χ0v) is 12.0. The quantitative estimate of drug-likeness (QED) is 0.841. The van der Waals surface area contributed by atoms with E-state index in [4.69, 9.17) is 4.74 Å². The fourth-order valence-electron chi connectivity index (χ4n) is 2.29. The molecule has 1 heterocycles. The molecular weight excluding hydrogens is 330 g/mol. The number of rotatable bonds is 2. The molecule has 5 heteroatoms. The molecule has 0 fully saturated rings. The topological polar surface area (TPSA) is 29.5 Å².